The average molecular weight is 987 g/mol. The molecule has 0 radical (unpaired) electrons. The highest BCUT2D eigenvalue weighted by Gasteiger charge is 2.34. The van der Waals surface area contributed by atoms with E-state index >= 15 is 0 Å². The summed E-state index contributed by atoms with van der Waals surface area (Å²) in [5, 5.41) is 16.1. The van der Waals surface area contributed by atoms with Crippen LogP contribution in [-0.4, -0.2) is 96.5 Å². The Hall–Kier alpha value is -6.98. The van der Waals surface area contributed by atoms with Crippen molar-refractivity contribution in [2.75, 3.05) is 13.2 Å². The zero-order chi connectivity index (χ0) is 52.3. The van der Waals surface area contributed by atoms with Gasteiger partial charge in [-0.25, -0.2) is 9.59 Å². The lowest BCUT2D eigenvalue weighted by Gasteiger charge is -2.29. The number of carbonyl (C=O) groups is 8. The van der Waals surface area contributed by atoms with E-state index in [4.69, 9.17) is 18.9 Å². The molecule has 0 fully saturated rings. The molecular weight excluding hydrogens is 913 g/mol. The molecule has 6 amide bonds. The molecule has 0 aliphatic rings. The number of ether oxygens (including phenoxy) is 4. The maximum Gasteiger partial charge on any atom is 0.408 e. The van der Waals surface area contributed by atoms with Gasteiger partial charge < -0.3 is 50.8 Å². The molecular formula is C53H74N6O12. The molecule has 0 unspecified atom stereocenters. The van der Waals surface area contributed by atoms with Crippen molar-refractivity contribution in [1.82, 2.24) is 31.9 Å². The minimum Gasteiger partial charge on any atom is -0.486 e. The summed E-state index contributed by atoms with van der Waals surface area (Å²) >= 11 is 0. The van der Waals surface area contributed by atoms with Gasteiger partial charge in [0.2, 0.25) is 23.6 Å². The number of para-hydroxylation sites is 1. The van der Waals surface area contributed by atoms with Crippen molar-refractivity contribution in [2.24, 2.45) is 11.8 Å². The molecule has 3 rings (SSSR count). The number of ketones is 1. The van der Waals surface area contributed by atoms with Gasteiger partial charge in [-0.2, -0.15) is 0 Å². The van der Waals surface area contributed by atoms with Gasteiger partial charge in [0.15, 0.2) is 5.78 Å². The van der Waals surface area contributed by atoms with Crippen molar-refractivity contribution in [1.29, 1.82) is 0 Å². The van der Waals surface area contributed by atoms with Gasteiger partial charge >= 0.3 is 18.2 Å². The van der Waals surface area contributed by atoms with Crippen LogP contribution in [-0.2, 0) is 56.2 Å². The number of rotatable bonds is 29. The van der Waals surface area contributed by atoms with Gasteiger partial charge in [-0.1, -0.05) is 119 Å². The quantitative estimate of drug-likeness (QED) is 0.0259. The van der Waals surface area contributed by atoms with E-state index in [-0.39, 0.29) is 63.7 Å². The highest BCUT2D eigenvalue weighted by atomic mass is 16.6. The van der Waals surface area contributed by atoms with Crippen LogP contribution in [0.4, 0.5) is 9.59 Å². The van der Waals surface area contributed by atoms with Crippen molar-refractivity contribution in [3.05, 3.63) is 102 Å². The number of nitrogens with one attached hydrogen (secondary N) is 6. The number of hydrogen-bond acceptors (Lipinski definition) is 12. The third-order valence-corrected chi connectivity index (χ3v) is 11.4. The zero-order valence-electron chi connectivity index (χ0n) is 42.4. The maximum atomic E-state index is 14.4. The van der Waals surface area contributed by atoms with E-state index in [1.165, 1.54) is 6.92 Å². The standard InChI is InChI=1S/C53H74N6O12/c1-9-35(3)45(43(60)34-68-40-26-18-13-19-27-40)58-47(62)37(5)55-48(63)42(29-30-44(61)69-32-38-22-14-11-15-23-38)56-49(64)41(28-20-21-31-54-51(66)70-33-39-24-16-12-17-25-39)57-50(65)46(36(4)10-2)59-52(67)71-53(6,7)8/h11-19,22-27,35-37,41-42,45-46H,9-10,20-21,28-34H2,1-8H3,(H,54,66)(H,55,63)(H,56,64)(H,57,65)(H,58,62)(H,59,67)/t35-,36+,37-,41-,42-,45-,46-/m1/s1. The summed E-state index contributed by atoms with van der Waals surface area (Å²) in [6.07, 6.45) is -0.390. The highest BCUT2D eigenvalue weighted by molar-refractivity contribution is 5.96. The second kappa shape index (κ2) is 30.6. The van der Waals surface area contributed by atoms with Crippen LogP contribution in [0.2, 0.25) is 0 Å². The fourth-order valence-corrected chi connectivity index (χ4v) is 6.91. The van der Waals surface area contributed by atoms with Crippen LogP contribution >= 0.6 is 0 Å². The van der Waals surface area contributed by atoms with E-state index in [9.17, 15) is 38.4 Å². The Morgan fingerprint density at radius 3 is 1.65 bits per heavy atom. The van der Waals surface area contributed by atoms with Crippen LogP contribution in [0.15, 0.2) is 91.0 Å². The third-order valence-electron chi connectivity index (χ3n) is 11.4. The molecule has 0 aliphatic carbocycles. The van der Waals surface area contributed by atoms with Crippen molar-refractivity contribution in [3.63, 3.8) is 0 Å². The lowest BCUT2D eigenvalue weighted by atomic mass is 9.95. The molecule has 0 bridgehead atoms. The minimum absolute atomic E-state index is 0.0171. The van der Waals surface area contributed by atoms with Crippen LogP contribution < -0.4 is 36.6 Å². The monoisotopic (exact) mass is 987 g/mol. The summed E-state index contributed by atoms with van der Waals surface area (Å²) in [5.41, 5.74) is 0.682. The van der Waals surface area contributed by atoms with Crippen LogP contribution in [0.25, 0.3) is 0 Å². The van der Waals surface area contributed by atoms with Gasteiger partial charge in [0.25, 0.3) is 0 Å². The fraction of sp³-hybridized carbons (Fsp3) is 0.509. The molecule has 18 nitrogen and oxygen atoms in total. The molecule has 0 aromatic heterocycles. The van der Waals surface area contributed by atoms with Crippen LogP contribution in [0.5, 0.6) is 5.75 Å². The first-order chi connectivity index (χ1) is 33.8. The maximum absolute atomic E-state index is 14.4. The second-order valence-corrected chi connectivity index (χ2v) is 18.5. The average Bonchev–Trinajstić information content (AvgIpc) is 3.35. The van der Waals surface area contributed by atoms with Gasteiger partial charge in [-0.15, -0.1) is 0 Å². The number of esters is 1. The normalized spacial score (nSPS) is 14.0. The summed E-state index contributed by atoms with van der Waals surface area (Å²) in [7, 11) is 0. The molecule has 0 spiro atoms. The van der Waals surface area contributed by atoms with Crippen LogP contribution in [0.3, 0.4) is 0 Å². The first-order valence-electron chi connectivity index (χ1n) is 24.4. The number of amides is 6. The third kappa shape index (κ3) is 22.5. The molecule has 3 aromatic carbocycles. The predicted octanol–water partition coefficient (Wildman–Crippen LogP) is 6.20. The van der Waals surface area contributed by atoms with E-state index in [1.807, 2.05) is 63.2 Å². The minimum atomic E-state index is -1.43. The van der Waals surface area contributed by atoms with E-state index in [2.05, 4.69) is 31.9 Å². The largest absolute Gasteiger partial charge is 0.486 e. The van der Waals surface area contributed by atoms with Gasteiger partial charge in [-0.05, 0) is 88.5 Å². The summed E-state index contributed by atoms with van der Waals surface area (Å²) in [6.45, 7) is 13.6. The molecule has 3 aromatic rings. The van der Waals surface area contributed by atoms with Gasteiger partial charge in [0, 0.05) is 13.0 Å². The van der Waals surface area contributed by atoms with Gasteiger partial charge in [0.1, 0.15) is 55.3 Å². The van der Waals surface area contributed by atoms with Gasteiger partial charge in [0.05, 0.1) is 6.04 Å². The Bertz CT molecular complexity index is 2150. The molecule has 388 valence electrons. The molecule has 0 saturated carbocycles. The molecule has 18 heteroatoms. The summed E-state index contributed by atoms with van der Waals surface area (Å²) in [6, 6.07) is 20.9. The van der Waals surface area contributed by atoms with Crippen molar-refractivity contribution >= 4 is 47.6 Å². The van der Waals surface area contributed by atoms with Crippen molar-refractivity contribution < 1.29 is 57.3 Å². The fourth-order valence-electron chi connectivity index (χ4n) is 6.91. The number of unbranched alkanes of at least 4 members (excludes halogenated alkanes) is 1. The summed E-state index contributed by atoms with van der Waals surface area (Å²) < 4.78 is 21.8. The number of carbonyl (C=O) groups excluding carboxylic acids is 8. The first kappa shape index (κ1) is 58.3. The van der Waals surface area contributed by atoms with Crippen LogP contribution in [0.1, 0.15) is 111 Å². The van der Waals surface area contributed by atoms with E-state index < -0.39 is 83.5 Å². The highest BCUT2D eigenvalue weighted by Crippen LogP contribution is 2.15. The second-order valence-electron chi connectivity index (χ2n) is 18.5. The molecule has 7 atom stereocenters. The first-order valence-corrected chi connectivity index (χ1v) is 24.4. The smallest absolute Gasteiger partial charge is 0.408 e. The SMILES string of the molecule is CC[C@@H](C)[C@@H](NC(=O)[C@@H](C)NC(=O)[C@@H](CCC(=O)OCc1ccccc1)NC(=O)[C@@H](CCCCNC(=O)OCc1ccccc1)NC(=O)[C@H](NC(=O)OC(C)(C)C)[C@@H](C)CC)C(=O)COc1ccccc1. The van der Waals surface area contributed by atoms with Crippen molar-refractivity contribution in [2.45, 2.75) is 149 Å². The van der Waals surface area contributed by atoms with Gasteiger partial charge in [-0.3, -0.25) is 28.8 Å². The predicted molar refractivity (Wildman–Crippen MR) is 266 cm³/mol. The Kier molecular flexibility index (Phi) is 25.1. The molecule has 0 aliphatic heterocycles. The van der Waals surface area contributed by atoms with E-state index in [1.54, 1.807) is 76.2 Å². The molecule has 0 heterocycles. The summed E-state index contributed by atoms with van der Waals surface area (Å²) in [4.78, 5) is 108. The van der Waals surface area contributed by atoms with Crippen LogP contribution in [0, 0.1) is 11.8 Å². The lowest BCUT2D eigenvalue weighted by Crippen LogP contribution is -2.59. The summed E-state index contributed by atoms with van der Waals surface area (Å²) in [5.74, 6) is -4.26. The topological polar surface area (TPSA) is 246 Å². The van der Waals surface area contributed by atoms with E-state index in [0.29, 0.717) is 25.0 Å². The molecule has 0 saturated heterocycles. The number of benzene rings is 3. The molecule has 6 N–H and O–H groups in total. The molecule has 71 heavy (non-hydrogen) atoms. The number of alkyl carbamates (subject to hydrolysis) is 2. The Balaban J connectivity index is 1.83. The number of Topliss-reactive ketones (excluding diaryl/α,β-unsaturated/α-hetero) is 1. The zero-order valence-corrected chi connectivity index (χ0v) is 42.4. The Morgan fingerprint density at radius 1 is 0.549 bits per heavy atom. The number of hydrogen-bond donors (Lipinski definition) is 6. The van der Waals surface area contributed by atoms with Crippen molar-refractivity contribution in [3.8, 4) is 5.75 Å². The Morgan fingerprint density at radius 2 is 1.07 bits per heavy atom. The lowest BCUT2D eigenvalue weighted by molar-refractivity contribution is -0.145. The van der Waals surface area contributed by atoms with E-state index in [0.717, 1.165) is 11.1 Å². The Labute approximate surface area is 417 Å².